The third-order valence-corrected chi connectivity index (χ3v) is 5.36. The van der Waals surface area contributed by atoms with E-state index in [2.05, 4.69) is 28.2 Å². The van der Waals surface area contributed by atoms with Gasteiger partial charge in [0.1, 0.15) is 6.04 Å². The van der Waals surface area contributed by atoms with Gasteiger partial charge in [0.15, 0.2) is 0 Å². The molecule has 2 aromatic rings. The van der Waals surface area contributed by atoms with Gasteiger partial charge in [0, 0.05) is 30.4 Å². The largest absolute Gasteiger partial charge is 0.354 e. The summed E-state index contributed by atoms with van der Waals surface area (Å²) in [5.74, 6) is -0.0640. The molecule has 0 radical (unpaired) electrons. The van der Waals surface area contributed by atoms with Gasteiger partial charge in [-0.3, -0.25) is 9.59 Å². The summed E-state index contributed by atoms with van der Waals surface area (Å²) in [6.45, 7) is 5.14. The van der Waals surface area contributed by atoms with E-state index < -0.39 is 6.04 Å². The van der Waals surface area contributed by atoms with E-state index in [0.717, 1.165) is 34.9 Å². The number of nitrogens with one attached hydrogen (secondary N) is 1. The smallest absolute Gasteiger partial charge is 0.243 e. The number of hydrogen-bond donors (Lipinski definition) is 1. The van der Waals surface area contributed by atoms with Crippen LogP contribution in [0.4, 0.5) is 0 Å². The lowest BCUT2D eigenvalue weighted by Crippen LogP contribution is -2.50. The molecule has 0 aliphatic rings. The predicted molar refractivity (Wildman–Crippen MR) is 121 cm³/mol. The molecule has 5 heteroatoms. The summed E-state index contributed by atoms with van der Waals surface area (Å²) < 4.78 is 0.992. The fourth-order valence-corrected chi connectivity index (χ4v) is 3.47. The van der Waals surface area contributed by atoms with Crippen LogP contribution in [-0.2, 0) is 22.6 Å². The topological polar surface area (TPSA) is 49.4 Å². The second-order valence-corrected chi connectivity index (χ2v) is 8.16. The number of amides is 2. The van der Waals surface area contributed by atoms with E-state index in [-0.39, 0.29) is 11.8 Å². The molecule has 0 aliphatic heterocycles. The molecule has 0 aliphatic carbocycles. The predicted octanol–water partition coefficient (Wildman–Crippen LogP) is 5.11. The van der Waals surface area contributed by atoms with E-state index in [1.165, 1.54) is 0 Å². The molecular formula is C24H31BrN2O2. The van der Waals surface area contributed by atoms with Crippen molar-refractivity contribution in [1.82, 2.24) is 10.2 Å². The Kier molecular flexibility index (Phi) is 9.92. The van der Waals surface area contributed by atoms with Crippen molar-refractivity contribution >= 4 is 27.7 Å². The Morgan fingerprint density at radius 2 is 1.66 bits per heavy atom. The molecule has 2 aromatic carbocycles. The highest BCUT2D eigenvalue weighted by molar-refractivity contribution is 9.10. The van der Waals surface area contributed by atoms with E-state index in [4.69, 9.17) is 0 Å². The average Bonchev–Trinajstić information content (AvgIpc) is 2.73. The van der Waals surface area contributed by atoms with Gasteiger partial charge in [-0.05, 0) is 36.1 Å². The Morgan fingerprint density at radius 3 is 2.28 bits per heavy atom. The number of nitrogens with zero attached hydrogens (tertiary/aromatic N) is 1. The average molecular weight is 459 g/mol. The first kappa shape index (κ1) is 23.1. The van der Waals surface area contributed by atoms with Crippen molar-refractivity contribution in [2.75, 3.05) is 6.54 Å². The van der Waals surface area contributed by atoms with E-state index in [0.29, 0.717) is 25.9 Å². The van der Waals surface area contributed by atoms with Crippen LogP contribution in [0.15, 0.2) is 59.1 Å². The molecular weight excluding hydrogens is 428 g/mol. The van der Waals surface area contributed by atoms with Crippen LogP contribution < -0.4 is 5.32 Å². The van der Waals surface area contributed by atoms with Crippen LogP contribution in [0, 0.1) is 0 Å². The summed E-state index contributed by atoms with van der Waals surface area (Å²) in [5.41, 5.74) is 2.06. The highest BCUT2D eigenvalue weighted by Gasteiger charge is 2.29. The summed E-state index contributed by atoms with van der Waals surface area (Å²) in [6, 6.07) is 17.3. The minimum absolute atomic E-state index is 0.0157. The minimum Gasteiger partial charge on any atom is -0.354 e. The quantitative estimate of drug-likeness (QED) is 0.475. The van der Waals surface area contributed by atoms with Gasteiger partial charge in [-0.2, -0.15) is 0 Å². The van der Waals surface area contributed by atoms with Crippen LogP contribution in [0.3, 0.4) is 0 Å². The van der Waals surface area contributed by atoms with Crippen LogP contribution in [0.25, 0.3) is 0 Å². The normalized spacial score (nSPS) is 11.7. The molecule has 0 spiro atoms. The van der Waals surface area contributed by atoms with Gasteiger partial charge in [0.05, 0.1) is 0 Å². The number of benzene rings is 2. The van der Waals surface area contributed by atoms with Gasteiger partial charge in [-0.25, -0.2) is 0 Å². The third-order valence-electron chi connectivity index (χ3n) is 4.83. The third kappa shape index (κ3) is 7.65. The Morgan fingerprint density at radius 1 is 0.966 bits per heavy atom. The fraction of sp³-hybridized carbons (Fsp3) is 0.417. The number of carbonyl (C=O) groups excluding carboxylic acids is 2. The molecule has 29 heavy (non-hydrogen) atoms. The molecule has 2 rings (SSSR count). The minimum atomic E-state index is -0.531. The van der Waals surface area contributed by atoms with Crippen molar-refractivity contribution in [2.24, 2.45) is 0 Å². The van der Waals surface area contributed by atoms with Gasteiger partial charge in [0.2, 0.25) is 11.8 Å². The second-order valence-electron chi connectivity index (χ2n) is 7.25. The molecule has 156 valence electrons. The highest BCUT2D eigenvalue weighted by atomic mass is 79.9. The maximum absolute atomic E-state index is 13.1. The monoisotopic (exact) mass is 458 g/mol. The van der Waals surface area contributed by atoms with Crippen molar-refractivity contribution in [3.05, 3.63) is 70.2 Å². The number of hydrogen-bond acceptors (Lipinski definition) is 2. The first-order valence-corrected chi connectivity index (χ1v) is 11.2. The number of carbonyl (C=O) groups is 2. The summed E-state index contributed by atoms with van der Waals surface area (Å²) in [5, 5.41) is 3.04. The second kappa shape index (κ2) is 12.4. The molecule has 0 saturated carbocycles. The lowest BCUT2D eigenvalue weighted by molar-refractivity contribution is -0.141. The molecule has 4 nitrogen and oxygen atoms in total. The molecule has 1 unspecified atom stereocenters. The first-order chi connectivity index (χ1) is 14.0. The van der Waals surface area contributed by atoms with Crippen molar-refractivity contribution in [2.45, 2.75) is 58.5 Å². The molecule has 0 saturated heterocycles. The van der Waals surface area contributed by atoms with Gasteiger partial charge in [-0.1, -0.05) is 78.7 Å². The summed E-state index contributed by atoms with van der Waals surface area (Å²) in [4.78, 5) is 27.9. The van der Waals surface area contributed by atoms with E-state index in [1.54, 1.807) is 4.90 Å². The highest BCUT2D eigenvalue weighted by Crippen LogP contribution is 2.18. The Balaban J connectivity index is 2.30. The zero-order valence-corrected chi connectivity index (χ0v) is 19.0. The van der Waals surface area contributed by atoms with Crippen LogP contribution in [0.1, 0.15) is 50.7 Å². The molecule has 0 aromatic heterocycles. The van der Waals surface area contributed by atoms with Crippen molar-refractivity contribution in [3.8, 4) is 0 Å². The zero-order chi connectivity index (χ0) is 21.1. The van der Waals surface area contributed by atoms with E-state index in [1.807, 2.05) is 61.5 Å². The van der Waals surface area contributed by atoms with Crippen molar-refractivity contribution in [3.63, 3.8) is 0 Å². The first-order valence-electron chi connectivity index (χ1n) is 10.4. The molecule has 2 amide bonds. The summed E-state index contributed by atoms with van der Waals surface area (Å²) in [7, 11) is 0. The SMILES string of the molecule is CCCCNC(=O)C(Cc1ccccc1)N(Cc1ccc(Br)cc1)C(=O)CCC. The zero-order valence-electron chi connectivity index (χ0n) is 17.4. The number of rotatable bonds is 11. The number of unbranched alkanes of at least 4 members (excludes halogenated alkanes) is 1. The maximum atomic E-state index is 13.1. The maximum Gasteiger partial charge on any atom is 0.243 e. The molecule has 0 fully saturated rings. The van der Waals surface area contributed by atoms with Crippen molar-refractivity contribution in [1.29, 1.82) is 0 Å². The van der Waals surface area contributed by atoms with E-state index >= 15 is 0 Å². The molecule has 0 heterocycles. The van der Waals surface area contributed by atoms with Crippen LogP contribution in [0.2, 0.25) is 0 Å². The lowest BCUT2D eigenvalue weighted by Gasteiger charge is -2.31. The van der Waals surface area contributed by atoms with Gasteiger partial charge in [0.25, 0.3) is 0 Å². The van der Waals surface area contributed by atoms with Crippen LogP contribution >= 0.6 is 15.9 Å². The van der Waals surface area contributed by atoms with Gasteiger partial charge < -0.3 is 10.2 Å². The summed E-state index contributed by atoms with van der Waals surface area (Å²) >= 11 is 3.45. The molecule has 1 atom stereocenters. The molecule has 0 bridgehead atoms. The standard InChI is InChI=1S/C24H31BrN2O2/c1-3-5-16-26-24(29)22(17-19-10-7-6-8-11-19)27(23(28)9-4-2)18-20-12-14-21(25)15-13-20/h6-8,10-15,22H,3-5,9,16-18H2,1-2H3,(H,26,29). The Labute approximate surface area is 182 Å². The Hall–Kier alpha value is -2.14. The Bertz CT molecular complexity index is 762. The van der Waals surface area contributed by atoms with Gasteiger partial charge >= 0.3 is 0 Å². The van der Waals surface area contributed by atoms with Gasteiger partial charge in [-0.15, -0.1) is 0 Å². The summed E-state index contributed by atoms with van der Waals surface area (Å²) in [6.07, 6.45) is 3.64. The van der Waals surface area contributed by atoms with Crippen molar-refractivity contribution < 1.29 is 9.59 Å². The number of halogens is 1. The van der Waals surface area contributed by atoms with Crippen LogP contribution in [0.5, 0.6) is 0 Å². The van der Waals surface area contributed by atoms with Crippen LogP contribution in [-0.4, -0.2) is 29.3 Å². The van der Waals surface area contributed by atoms with E-state index in [9.17, 15) is 9.59 Å². The molecule has 1 N–H and O–H groups in total. The lowest BCUT2D eigenvalue weighted by atomic mass is 10.0. The fourth-order valence-electron chi connectivity index (χ4n) is 3.20.